The number of piperazine rings is 1. The third kappa shape index (κ3) is 4.95. The van der Waals surface area contributed by atoms with E-state index >= 15 is 0 Å². The van der Waals surface area contributed by atoms with Crippen LogP contribution >= 0.6 is 0 Å². The summed E-state index contributed by atoms with van der Waals surface area (Å²) in [6.07, 6.45) is 0. The molecule has 9 heteroatoms. The van der Waals surface area contributed by atoms with Crippen LogP contribution in [0.5, 0.6) is 0 Å². The lowest BCUT2D eigenvalue weighted by atomic mass is 10.0. The number of sulfonamides is 1. The number of carbonyl (C=O) groups excluding carboxylic acids is 1. The number of benzene rings is 2. The number of esters is 1. The number of rotatable bonds is 6. The number of nitrogens with zero attached hydrogens (tertiary/aromatic N) is 4. The molecule has 0 N–H and O–H groups in total. The van der Waals surface area contributed by atoms with Crippen molar-refractivity contribution in [1.29, 1.82) is 0 Å². The molecule has 34 heavy (non-hydrogen) atoms. The first-order valence-corrected chi connectivity index (χ1v) is 12.7. The Kier molecular flexibility index (Phi) is 6.95. The molecule has 0 amide bonds. The van der Waals surface area contributed by atoms with Gasteiger partial charge in [0.2, 0.25) is 10.0 Å². The van der Waals surface area contributed by atoms with Crippen molar-refractivity contribution in [2.75, 3.05) is 37.7 Å². The lowest BCUT2D eigenvalue weighted by Crippen LogP contribution is -2.49. The summed E-state index contributed by atoms with van der Waals surface area (Å²) in [7, 11) is -3.65. The van der Waals surface area contributed by atoms with Gasteiger partial charge in [-0.2, -0.15) is 4.31 Å². The molecule has 0 unspecified atom stereocenters. The molecule has 0 bridgehead atoms. The highest BCUT2D eigenvalue weighted by molar-refractivity contribution is 7.89. The molecule has 0 spiro atoms. The molecule has 1 aliphatic heterocycles. The van der Waals surface area contributed by atoms with Crippen LogP contribution < -0.4 is 4.90 Å². The molecule has 0 aliphatic carbocycles. The smallest absolute Gasteiger partial charge is 0.338 e. The molecule has 178 valence electrons. The summed E-state index contributed by atoms with van der Waals surface area (Å²) in [4.78, 5) is 14.0. The van der Waals surface area contributed by atoms with Crippen LogP contribution in [0.3, 0.4) is 0 Å². The van der Waals surface area contributed by atoms with E-state index in [1.54, 1.807) is 6.92 Å². The molecule has 3 aromatic rings. The third-order valence-electron chi connectivity index (χ3n) is 6.02. The van der Waals surface area contributed by atoms with E-state index in [1.807, 2.05) is 23.1 Å². The summed E-state index contributed by atoms with van der Waals surface area (Å²) in [5, 5.41) is 8.77. The van der Waals surface area contributed by atoms with Crippen molar-refractivity contribution in [1.82, 2.24) is 14.5 Å². The third-order valence-corrected chi connectivity index (χ3v) is 7.93. The quantitative estimate of drug-likeness (QED) is 0.499. The largest absolute Gasteiger partial charge is 0.462 e. The van der Waals surface area contributed by atoms with Crippen molar-refractivity contribution in [3.63, 3.8) is 0 Å². The van der Waals surface area contributed by atoms with E-state index in [0.717, 1.165) is 17.1 Å². The molecule has 1 fully saturated rings. The van der Waals surface area contributed by atoms with Crippen LogP contribution in [0.15, 0.2) is 59.5 Å². The standard InChI is InChI=1S/C25H28N4O4S/c1-4-33-25(30)20-7-9-22(10-8-20)34(31,32)29-15-13-28(14-16-29)24-12-11-23(26-27-24)21-6-5-18(2)19(3)17-21/h5-12,17H,4,13-16H2,1-3H3. The van der Waals surface area contributed by atoms with E-state index in [-0.39, 0.29) is 11.5 Å². The van der Waals surface area contributed by atoms with Crippen molar-refractivity contribution in [2.45, 2.75) is 25.7 Å². The fourth-order valence-corrected chi connectivity index (χ4v) is 5.25. The lowest BCUT2D eigenvalue weighted by Gasteiger charge is -2.34. The van der Waals surface area contributed by atoms with Crippen molar-refractivity contribution in [3.05, 3.63) is 71.3 Å². The minimum Gasteiger partial charge on any atom is -0.462 e. The summed E-state index contributed by atoms with van der Waals surface area (Å²) in [5.74, 6) is 0.258. The van der Waals surface area contributed by atoms with Crippen LogP contribution in [-0.2, 0) is 14.8 Å². The van der Waals surface area contributed by atoms with Gasteiger partial charge in [-0.3, -0.25) is 0 Å². The van der Waals surface area contributed by atoms with Crippen LogP contribution in [0.2, 0.25) is 0 Å². The van der Waals surface area contributed by atoms with Gasteiger partial charge in [-0.15, -0.1) is 10.2 Å². The maximum atomic E-state index is 13.1. The highest BCUT2D eigenvalue weighted by atomic mass is 32.2. The van der Waals surface area contributed by atoms with Gasteiger partial charge in [0, 0.05) is 31.7 Å². The molecule has 0 atom stereocenters. The van der Waals surface area contributed by atoms with Gasteiger partial charge in [0.15, 0.2) is 5.82 Å². The summed E-state index contributed by atoms with van der Waals surface area (Å²) in [6.45, 7) is 7.83. The van der Waals surface area contributed by atoms with E-state index in [9.17, 15) is 13.2 Å². The van der Waals surface area contributed by atoms with E-state index in [1.165, 1.54) is 39.7 Å². The minimum atomic E-state index is -3.65. The summed E-state index contributed by atoms with van der Waals surface area (Å²) in [6, 6.07) is 15.9. The van der Waals surface area contributed by atoms with Crippen LogP contribution in [0, 0.1) is 13.8 Å². The molecule has 2 heterocycles. The van der Waals surface area contributed by atoms with Gasteiger partial charge < -0.3 is 9.64 Å². The van der Waals surface area contributed by atoms with E-state index in [0.29, 0.717) is 31.7 Å². The summed E-state index contributed by atoms with van der Waals surface area (Å²) in [5.41, 5.74) is 4.59. The normalized spacial score (nSPS) is 14.7. The number of hydrogen-bond acceptors (Lipinski definition) is 7. The first-order valence-electron chi connectivity index (χ1n) is 11.2. The second kappa shape index (κ2) is 9.90. The van der Waals surface area contributed by atoms with Gasteiger partial charge in [-0.1, -0.05) is 12.1 Å². The number of ether oxygens (including phenoxy) is 1. The molecular formula is C25H28N4O4S. The summed E-state index contributed by atoms with van der Waals surface area (Å²) >= 11 is 0. The minimum absolute atomic E-state index is 0.159. The van der Waals surface area contributed by atoms with Crippen LogP contribution in [-0.4, -0.2) is 61.7 Å². The van der Waals surface area contributed by atoms with Crippen molar-refractivity contribution in [3.8, 4) is 11.3 Å². The second-order valence-electron chi connectivity index (χ2n) is 8.21. The van der Waals surface area contributed by atoms with Gasteiger partial charge in [-0.05, 0) is 74.4 Å². The average molecular weight is 481 g/mol. The Labute approximate surface area is 200 Å². The Morgan fingerprint density at radius 1 is 0.912 bits per heavy atom. The van der Waals surface area contributed by atoms with E-state index in [2.05, 4.69) is 36.2 Å². The molecule has 1 aliphatic rings. The zero-order valence-corrected chi connectivity index (χ0v) is 20.4. The Morgan fingerprint density at radius 3 is 2.21 bits per heavy atom. The lowest BCUT2D eigenvalue weighted by molar-refractivity contribution is 0.0526. The molecule has 1 saturated heterocycles. The average Bonchev–Trinajstić information content (AvgIpc) is 2.86. The first kappa shape index (κ1) is 23.8. The molecule has 8 nitrogen and oxygen atoms in total. The van der Waals surface area contributed by atoms with Gasteiger partial charge in [0.25, 0.3) is 0 Å². The van der Waals surface area contributed by atoms with Gasteiger partial charge in [0.05, 0.1) is 22.8 Å². The first-order chi connectivity index (χ1) is 16.3. The zero-order chi connectivity index (χ0) is 24.3. The van der Waals surface area contributed by atoms with Gasteiger partial charge >= 0.3 is 5.97 Å². The molecule has 0 saturated carbocycles. The molecule has 4 rings (SSSR count). The molecule has 2 aromatic carbocycles. The summed E-state index contributed by atoms with van der Waals surface area (Å²) < 4.78 is 32.5. The molecule has 0 radical (unpaired) electrons. The number of aryl methyl sites for hydroxylation is 2. The second-order valence-corrected chi connectivity index (χ2v) is 10.1. The Balaban J connectivity index is 1.40. The SMILES string of the molecule is CCOC(=O)c1ccc(S(=O)(=O)N2CCN(c3ccc(-c4ccc(C)c(C)c4)nn3)CC2)cc1. The predicted molar refractivity (Wildman–Crippen MR) is 130 cm³/mol. The number of hydrogen-bond donors (Lipinski definition) is 0. The number of carbonyl (C=O) groups is 1. The fraction of sp³-hybridized carbons (Fsp3) is 0.320. The van der Waals surface area contributed by atoms with Gasteiger partial charge in [-0.25, -0.2) is 13.2 Å². The maximum Gasteiger partial charge on any atom is 0.338 e. The van der Waals surface area contributed by atoms with Crippen LogP contribution in [0.25, 0.3) is 11.3 Å². The van der Waals surface area contributed by atoms with Gasteiger partial charge in [0.1, 0.15) is 0 Å². The molecular weight excluding hydrogens is 452 g/mol. The van der Waals surface area contributed by atoms with E-state index in [4.69, 9.17) is 4.74 Å². The Hall–Kier alpha value is -3.30. The predicted octanol–water partition coefficient (Wildman–Crippen LogP) is 3.45. The highest BCUT2D eigenvalue weighted by Crippen LogP contribution is 2.23. The van der Waals surface area contributed by atoms with E-state index < -0.39 is 16.0 Å². The monoisotopic (exact) mass is 480 g/mol. The molecule has 1 aromatic heterocycles. The zero-order valence-electron chi connectivity index (χ0n) is 19.6. The van der Waals surface area contributed by atoms with Crippen molar-refractivity contribution in [2.24, 2.45) is 0 Å². The fourth-order valence-electron chi connectivity index (χ4n) is 3.83. The van der Waals surface area contributed by atoms with Crippen LogP contribution in [0.4, 0.5) is 5.82 Å². The number of anilines is 1. The van der Waals surface area contributed by atoms with Crippen molar-refractivity contribution < 1.29 is 17.9 Å². The topological polar surface area (TPSA) is 92.7 Å². The Morgan fingerprint density at radius 2 is 1.62 bits per heavy atom. The maximum absolute atomic E-state index is 13.1. The van der Waals surface area contributed by atoms with Crippen LogP contribution in [0.1, 0.15) is 28.4 Å². The highest BCUT2D eigenvalue weighted by Gasteiger charge is 2.29. The Bertz CT molecular complexity index is 1270. The number of aromatic nitrogens is 2. The van der Waals surface area contributed by atoms with Crippen molar-refractivity contribution >= 4 is 21.8 Å².